The van der Waals surface area contributed by atoms with Gasteiger partial charge >= 0.3 is 0 Å². The molecule has 5 heteroatoms. The number of hydrogen-bond acceptors (Lipinski definition) is 4. The number of nitrogens with one attached hydrogen (secondary N) is 1. The third-order valence-corrected chi connectivity index (χ3v) is 4.20. The molecule has 0 saturated carbocycles. The fraction of sp³-hybridized carbons (Fsp3) is 0.538. The summed E-state index contributed by atoms with van der Waals surface area (Å²) in [6.07, 6.45) is 2.47. The smallest absolute Gasteiger partial charge is 0.269 e. The van der Waals surface area contributed by atoms with Crippen LogP contribution in [-0.2, 0) is 0 Å². The quantitative estimate of drug-likeness (QED) is 0.639. The maximum atomic E-state index is 10.6. The molecule has 1 aromatic carbocycles. The Labute approximate surface area is 106 Å². The van der Waals surface area contributed by atoms with Gasteiger partial charge in [-0.3, -0.25) is 10.1 Å². The van der Waals surface area contributed by atoms with Crippen molar-refractivity contribution in [3.8, 4) is 0 Å². The molecule has 0 amide bonds. The maximum Gasteiger partial charge on any atom is 0.269 e. The van der Waals surface area contributed by atoms with Crippen LogP contribution in [0.15, 0.2) is 24.3 Å². The van der Waals surface area contributed by atoms with Gasteiger partial charge in [0.15, 0.2) is 0 Å². The molecule has 0 aromatic heterocycles. The van der Waals surface area contributed by atoms with E-state index in [4.69, 9.17) is 0 Å². The van der Waals surface area contributed by atoms with Crippen LogP contribution in [-0.4, -0.2) is 31.1 Å². The van der Waals surface area contributed by atoms with Gasteiger partial charge in [0.05, 0.1) is 4.92 Å². The molecule has 2 aliphatic rings. The van der Waals surface area contributed by atoms with Gasteiger partial charge in [0, 0.05) is 42.9 Å². The SMILES string of the molecule is O=[N+]([O-])c1ccc(N2CC[C@@]3(CCNC3)C2)cc1. The second-order valence-electron chi connectivity index (χ2n) is 5.37. The van der Waals surface area contributed by atoms with Crippen LogP contribution in [0.2, 0.25) is 0 Å². The molecule has 2 heterocycles. The van der Waals surface area contributed by atoms with Crippen LogP contribution in [0.1, 0.15) is 12.8 Å². The number of nitro benzene ring substituents is 1. The number of anilines is 1. The third-order valence-electron chi connectivity index (χ3n) is 4.20. The molecular weight excluding hydrogens is 230 g/mol. The largest absolute Gasteiger partial charge is 0.371 e. The lowest BCUT2D eigenvalue weighted by Crippen LogP contribution is -2.29. The van der Waals surface area contributed by atoms with Gasteiger partial charge in [0.2, 0.25) is 0 Å². The lowest BCUT2D eigenvalue weighted by molar-refractivity contribution is -0.384. The van der Waals surface area contributed by atoms with Crippen LogP contribution in [0, 0.1) is 15.5 Å². The Hall–Kier alpha value is -1.62. The van der Waals surface area contributed by atoms with E-state index >= 15 is 0 Å². The van der Waals surface area contributed by atoms with Gasteiger partial charge in [-0.25, -0.2) is 0 Å². The van der Waals surface area contributed by atoms with Crippen molar-refractivity contribution >= 4 is 11.4 Å². The molecule has 1 atom stereocenters. The van der Waals surface area contributed by atoms with Gasteiger partial charge in [0.25, 0.3) is 5.69 Å². The number of nitrogens with zero attached hydrogens (tertiary/aromatic N) is 2. The van der Waals surface area contributed by atoms with Crippen LogP contribution in [0.25, 0.3) is 0 Å². The lowest BCUT2D eigenvalue weighted by Gasteiger charge is -2.23. The molecule has 0 bridgehead atoms. The van der Waals surface area contributed by atoms with E-state index in [1.165, 1.54) is 12.8 Å². The Morgan fingerprint density at radius 1 is 1.28 bits per heavy atom. The van der Waals surface area contributed by atoms with Gasteiger partial charge in [-0.15, -0.1) is 0 Å². The summed E-state index contributed by atoms with van der Waals surface area (Å²) in [6.45, 7) is 4.35. The van der Waals surface area contributed by atoms with Crippen molar-refractivity contribution in [1.82, 2.24) is 5.32 Å². The van der Waals surface area contributed by atoms with Crippen LogP contribution in [0.4, 0.5) is 11.4 Å². The lowest BCUT2D eigenvalue weighted by atomic mass is 9.86. The molecule has 0 aliphatic carbocycles. The van der Waals surface area contributed by atoms with E-state index in [-0.39, 0.29) is 10.6 Å². The van der Waals surface area contributed by atoms with Crippen molar-refractivity contribution in [1.29, 1.82) is 0 Å². The van der Waals surface area contributed by atoms with E-state index < -0.39 is 0 Å². The fourth-order valence-electron chi connectivity index (χ4n) is 3.08. The van der Waals surface area contributed by atoms with E-state index in [9.17, 15) is 10.1 Å². The van der Waals surface area contributed by atoms with E-state index in [2.05, 4.69) is 10.2 Å². The zero-order valence-corrected chi connectivity index (χ0v) is 10.3. The summed E-state index contributed by atoms with van der Waals surface area (Å²) in [7, 11) is 0. The first-order valence-corrected chi connectivity index (χ1v) is 6.39. The highest BCUT2D eigenvalue weighted by Gasteiger charge is 2.40. The maximum absolute atomic E-state index is 10.6. The molecule has 1 aromatic rings. The number of hydrogen-bond donors (Lipinski definition) is 1. The minimum absolute atomic E-state index is 0.162. The zero-order valence-electron chi connectivity index (χ0n) is 10.3. The predicted molar refractivity (Wildman–Crippen MR) is 69.8 cm³/mol. The average Bonchev–Trinajstić information content (AvgIpc) is 3.01. The van der Waals surface area contributed by atoms with E-state index in [1.807, 2.05) is 12.1 Å². The third kappa shape index (κ3) is 1.95. The van der Waals surface area contributed by atoms with Crippen molar-refractivity contribution in [3.05, 3.63) is 34.4 Å². The monoisotopic (exact) mass is 247 g/mol. The minimum Gasteiger partial charge on any atom is -0.371 e. The number of benzene rings is 1. The summed E-state index contributed by atoms with van der Waals surface area (Å²) in [6, 6.07) is 6.90. The van der Waals surface area contributed by atoms with Gasteiger partial charge in [0.1, 0.15) is 0 Å². The molecule has 0 radical (unpaired) electrons. The Kier molecular flexibility index (Phi) is 2.70. The highest BCUT2D eigenvalue weighted by molar-refractivity contribution is 5.52. The second kappa shape index (κ2) is 4.24. The molecule has 2 saturated heterocycles. The van der Waals surface area contributed by atoms with E-state index in [0.29, 0.717) is 5.41 Å². The number of rotatable bonds is 2. The Morgan fingerprint density at radius 3 is 2.67 bits per heavy atom. The van der Waals surface area contributed by atoms with Crippen LogP contribution in [0.5, 0.6) is 0 Å². The van der Waals surface area contributed by atoms with Gasteiger partial charge in [-0.1, -0.05) is 0 Å². The van der Waals surface area contributed by atoms with Gasteiger partial charge in [-0.2, -0.15) is 0 Å². The topological polar surface area (TPSA) is 58.4 Å². The standard InChI is InChI=1S/C13H17N3O2/c17-16(18)12-3-1-11(2-4-12)15-8-6-13(10-15)5-7-14-9-13/h1-4,14H,5-10H2/t13-/m1/s1. The van der Waals surface area contributed by atoms with Crippen LogP contribution in [0.3, 0.4) is 0 Å². The van der Waals surface area contributed by atoms with Crippen molar-refractivity contribution in [2.75, 3.05) is 31.1 Å². The van der Waals surface area contributed by atoms with E-state index in [0.717, 1.165) is 31.9 Å². The molecule has 18 heavy (non-hydrogen) atoms. The average molecular weight is 247 g/mol. The van der Waals surface area contributed by atoms with Crippen LogP contribution >= 0.6 is 0 Å². The molecule has 2 fully saturated rings. The van der Waals surface area contributed by atoms with Gasteiger partial charge in [-0.05, 0) is 31.5 Å². The fourth-order valence-corrected chi connectivity index (χ4v) is 3.08. The van der Waals surface area contributed by atoms with E-state index in [1.54, 1.807) is 12.1 Å². The normalized spacial score (nSPS) is 27.0. The highest BCUT2D eigenvalue weighted by atomic mass is 16.6. The summed E-state index contributed by atoms with van der Waals surface area (Å²) in [4.78, 5) is 12.6. The summed E-state index contributed by atoms with van der Waals surface area (Å²) in [5, 5.41) is 14.1. The first-order valence-electron chi connectivity index (χ1n) is 6.39. The molecule has 2 aliphatic heterocycles. The molecular formula is C13H17N3O2. The van der Waals surface area contributed by atoms with Crippen molar-refractivity contribution < 1.29 is 4.92 Å². The predicted octanol–water partition coefficient (Wildman–Crippen LogP) is 1.78. The first-order chi connectivity index (χ1) is 8.69. The molecule has 96 valence electrons. The Bertz CT molecular complexity index is 452. The second-order valence-corrected chi connectivity index (χ2v) is 5.37. The summed E-state index contributed by atoms with van der Waals surface area (Å²) in [5.74, 6) is 0. The molecule has 1 N–H and O–H groups in total. The molecule has 5 nitrogen and oxygen atoms in total. The number of nitro groups is 1. The van der Waals surface area contributed by atoms with Crippen molar-refractivity contribution in [2.24, 2.45) is 5.41 Å². The van der Waals surface area contributed by atoms with Crippen molar-refractivity contribution in [3.63, 3.8) is 0 Å². The summed E-state index contributed by atoms with van der Waals surface area (Å²) >= 11 is 0. The zero-order chi connectivity index (χ0) is 12.6. The summed E-state index contributed by atoms with van der Waals surface area (Å²) in [5.41, 5.74) is 1.70. The van der Waals surface area contributed by atoms with Gasteiger partial charge < -0.3 is 10.2 Å². The Balaban J connectivity index is 1.74. The summed E-state index contributed by atoms with van der Waals surface area (Å²) < 4.78 is 0. The van der Waals surface area contributed by atoms with Crippen LogP contribution < -0.4 is 10.2 Å². The van der Waals surface area contributed by atoms with Crippen molar-refractivity contribution in [2.45, 2.75) is 12.8 Å². The molecule has 0 unspecified atom stereocenters. The first kappa shape index (κ1) is 11.5. The Morgan fingerprint density at radius 2 is 2.06 bits per heavy atom. The molecule has 3 rings (SSSR count). The molecule has 1 spiro atoms. The number of non-ortho nitro benzene ring substituents is 1. The minimum atomic E-state index is -0.351. The highest BCUT2D eigenvalue weighted by Crippen LogP contribution is 2.38.